The van der Waals surface area contributed by atoms with Crippen LogP contribution in [0.4, 0.5) is 11.6 Å². The van der Waals surface area contributed by atoms with Gasteiger partial charge < -0.3 is 20.3 Å². The first-order valence-electron chi connectivity index (χ1n) is 11.9. The minimum absolute atomic E-state index is 0.128. The number of nitrogens with two attached hydrogens (primary N) is 1. The van der Waals surface area contributed by atoms with E-state index in [0.29, 0.717) is 37.2 Å². The number of fused-ring (bicyclic) bond motifs is 2. The highest BCUT2D eigenvalue weighted by atomic mass is 16.5. The monoisotopic (exact) mass is 469 g/mol. The van der Waals surface area contributed by atoms with Crippen LogP contribution in [0.3, 0.4) is 0 Å². The fraction of sp³-hybridized carbons (Fsp3) is 0.333. The van der Waals surface area contributed by atoms with Crippen LogP contribution in [0.15, 0.2) is 54.9 Å². The molecule has 8 nitrogen and oxygen atoms in total. The minimum atomic E-state index is -0.551. The molecule has 8 heteroatoms. The molecule has 2 aliphatic heterocycles. The van der Waals surface area contributed by atoms with Gasteiger partial charge >= 0.3 is 0 Å². The lowest BCUT2D eigenvalue weighted by molar-refractivity contribution is -0.118. The van der Waals surface area contributed by atoms with Crippen LogP contribution in [-0.2, 0) is 14.9 Å². The highest BCUT2D eigenvalue weighted by Gasteiger charge is 2.49. The summed E-state index contributed by atoms with van der Waals surface area (Å²) in [5, 5.41) is 0. The summed E-state index contributed by atoms with van der Waals surface area (Å²) in [7, 11) is 1.57. The van der Waals surface area contributed by atoms with Crippen LogP contribution in [0.25, 0.3) is 11.1 Å². The summed E-state index contributed by atoms with van der Waals surface area (Å²) in [5.74, 6) is 0.470. The van der Waals surface area contributed by atoms with Gasteiger partial charge in [0.25, 0.3) is 5.91 Å². The fourth-order valence-electron chi connectivity index (χ4n) is 5.11. The molecule has 1 aromatic heterocycles. The number of ether oxygens (including phenoxy) is 1. The molecule has 1 spiro atoms. The quantitative estimate of drug-likeness (QED) is 0.596. The van der Waals surface area contributed by atoms with Gasteiger partial charge in [0, 0.05) is 42.8 Å². The number of aromatic nitrogens is 2. The maximum absolute atomic E-state index is 12.9. The van der Waals surface area contributed by atoms with Crippen molar-refractivity contribution in [1.82, 2.24) is 14.9 Å². The van der Waals surface area contributed by atoms with Gasteiger partial charge in [-0.25, -0.2) is 9.97 Å². The summed E-state index contributed by atoms with van der Waals surface area (Å²) < 4.78 is 5.58. The molecule has 0 radical (unpaired) electrons. The molecule has 2 fully saturated rings. The van der Waals surface area contributed by atoms with Crippen molar-refractivity contribution in [3.63, 3.8) is 0 Å². The van der Waals surface area contributed by atoms with Gasteiger partial charge in [0.05, 0.1) is 25.2 Å². The average molecular weight is 470 g/mol. The third-order valence-electron chi connectivity index (χ3n) is 7.21. The van der Waals surface area contributed by atoms with Crippen molar-refractivity contribution < 1.29 is 14.3 Å². The second-order valence-electron chi connectivity index (χ2n) is 9.89. The Morgan fingerprint density at radius 3 is 2.54 bits per heavy atom. The molecule has 2 N–H and O–H groups in total. The first-order chi connectivity index (χ1) is 16.9. The number of carbonyl (C=O) groups is 2. The van der Waals surface area contributed by atoms with E-state index >= 15 is 0 Å². The van der Waals surface area contributed by atoms with E-state index in [0.717, 1.165) is 22.4 Å². The summed E-state index contributed by atoms with van der Waals surface area (Å²) in [6, 6.07) is 14.3. The molecule has 6 rings (SSSR count). The van der Waals surface area contributed by atoms with Gasteiger partial charge in [-0.05, 0) is 47.6 Å². The zero-order valence-corrected chi connectivity index (χ0v) is 19.6. The van der Waals surface area contributed by atoms with Crippen molar-refractivity contribution in [3.05, 3.63) is 71.5 Å². The summed E-state index contributed by atoms with van der Waals surface area (Å²) in [5.41, 5.74) is 11.1. The number of primary amides is 1. The molecular formula is C27H27N5O3. The zero-order chi connectivity index (χ0) is 24.2. The fourth-order valence-corrected chi connectivity index (χ4v) is 5.11. The van der Waals surface area contributed by atoms with E-state index in [9.17, 15) is 9.59 Å². The molecule has 1 aliphatic carbocycles. The van der Waals surface area contributed by atoms with Crippen molar-refractivity contribution in [2.24, 2.45) is 5.73 Å². The molecule has 178 valence electrons. The van der Waals surface area contributed by atoms with E-state index in [-0.39, 0.29) is 17.9 Å². The number of anilines is 2. The molecular weight excluding hydrogens is 442 g/mol. The predicted molar refractivity (Wildman–Crippen MR) is 132 cm³/mol. The van der Waals surface area contributed by atoms with Crippen LogP contribution in [0.2, 0.25) is 0 Å². The van der Waals surface area contributed by atoms with E-state index in [4.69, 9.17) is 20.4 Å². The van der Waals surface area contributed by atoms with E-state index in [1.54, 1.807) is 13.1 Å². The van der Waals surface area contributed by atoms with E-state index < -0.39 is 5.91 Å². The van der Waals surface area contributed by atoms with Gasteiger partial charge in [-0.15, -0.1) is 0 Å². The third kappa shape index (κ3) is 3.83. The Kier molecular flexibility index (Phi) is 5.07. The predicted octanol–water partition coefficient (Wildman–Crippen LogP) is 3.00. The van der Waals surface area contributed by atoms with Crippen LogP contribution in [0.5, 0.6) is 0 Å². The van der Waals surface area contributed by atoms with Gasteiger partial charge in [-0.3, -0.25) is 9.59 Å². The summed E-state index contributed by atoms with van der Waals surface area (Å²) >= 11 is 0. The van der Waals surface area contributed by atoms with Crippen LogP contribution in [0, 0.1) is 0 Å². The van der Waals surface area contributed by atoms with Crippen LogP contribution >= 0.6 is 0 Å². The van der Waals surface area contributed by atoms with Gasteiger partial charge in [-0.1, -0.05) is 30.3 Å². The molecule has 2 amide bonds. The van der Waals surface area contributed by atoms with Gasteiger partial charge in [0.2, 0.25) is 11.9 Å². The molecule has 0 unspecified atom stereocenters. The van der Waals surface area contributed by atoms with Crippen LogP contribution < -0.4 is 10.6 Å². The van der Waals surface area contributed by atoms with Crippen LogP contribution in [-0.4, -0.2) is 60.0 Å². The zero-order valence-electron chi connectivity index (χ0n) is 19.6. The SMILES string of the molecule is CN(CC(N)=O)C(=O)c1ccc2c(c1)N(c1ncc(-c3cccc(C4CC4)c3)cn1)CC21COC1. The van der Waals surface area contributed by atoms with Gasteiger partial charge in [0.1, 0.15) is 0 Å². The summed E-state index contributed by atoms with van der Waals surface area (Å²) in [6.45, 7) is 1.80. The lowest BCUT2D eigenvalue weighted by Crippen LogP contribution is -2.49. The summed E-state index contributed by atoms with van der Waals surface area (Å²) in [4.78, 5) is 37.0. The van der Waals surface area contributed by atoms with E-state index in [1.807, 2.05) is 24.5 Å². The molecule has 3 aromatic rings. The number of rotatable bonds is 6. The number of hydrogen-bond acceptors (Lipinski definition) is 6. The first-order valence-corrected chi connectivity index (χ1v) is 11.9. The lowest BCUT2D eigenvalue weighted by Gasteiger charge is -2.38. The molecule has 0 bridgehead atoms. The molecule has 1 saturated heterocycles. The highest BCUT2D eigenvalue weighted by molar-refractivity contribution is 5.97. The Morgan fingerprint density at radius 2 is 1.89 bits per heavy atom. The Bertz CT molecular complexity index is 1310. The number of benzene rings is 2. The smallest absolute Gasteiger partial charge is 0.254 e. The van der Waals surface area contributed by atoms with Crippen molar-refractivity contribution >= 4 is 23.5 Å². The van der Waals surface area contributed by atoms with Gasteiger partial charge in [-0.2, -0.15) is 0 Å². The second-order valence-corrected chi connectivity index (χ2v) is 9.89. The Balaban J connectivity index is 1.31. The standard InChI is InChI=1S/C27H27N5O3/c1-31(13-24(28)33)25(34)20-7-8-22-23(10-20)32(14-27(22)15-35-16-27)26-29-11-21(12-30-26)19-4-2-3-18(9-19)17-5-6-17/h2-4,7-12,17H,5-6,13-16H2,1H3,(H2,28,33). The molecule has 3 heterocycles. The second kappa shape index (κ2) is 8.16. The maximum atomic E-state index is 12.9. The number of carbonyl (C=O) groups excluding carboxylic acids is 2. The first kappa shape index (κ1) is 21.7. The Hall–Kier alpha value is -3.78. The van der Waals surface area contributed by atoms with Crippen molar-refractivity contribution in [3.8, 4) is 11.1 Å². The number of nitrogens with zero attached hydrogens (tertiary/aromatic N) is 4. The maximum Gasteiger partial charge on any atom is 0.254 e. The van der Waals surface area contributed by atoms with Crippen LogP contribution in [0.1, 0.15) is 40.2 Å². The number of likely N-dealkylation sites (N-methyl/N-ethyl adjacent to an activating group) is 1. The van der Waals surface area contributed by atoms with Crippen molar-refractivity contribution in [2.75, 3.05) is 38.3 Å². The lowest BCUT2D eigenvalue weighted by atomic mass is 9.80. The van der Waals surface area contributed by atoms with E-state index in [1.165, 1.54) is 23.3 Å². The highest BCUT2D eigenvalue weighted by Crippen LogP contribution is 2.48. The molecule has 35 heavy (non-hydrogen) atoms. The Labute approximate surface area is 203 Å². The normalized spacial score (nSPS) is 17.7. The average Bonchev–Trinajstić information content (AvgIpc) is 3.63. The van der Waals surface area contributed by atoms with Crippen molar-refractivity contribution in [1.29, 1.82) is 0 Å². The molecule has 2 aromatic carbocycles. The minimum Gasteiger partial charge on any atom is -0.379 e. The number of hydrogen-bond donors (Lipinski definition) is 1. The number of amides is 2. The molecule has 1 saturated carbocycles. The van der Waals surface area contributed by atoms with Gasteiger partial charge in [0.15, 0.2) is 0 Å². The largest absolute Gasteiger partial charge is 0.379 e. The summed E-state index contributed by atoms with van der Waals surface area (Å²) in [6.07, 6.45) is 6.26. The Morgan fingerprint density at radius 1 is 1.11 bits per heavy atom. The van der Waals surface area contributed by atoms with Crippen molar-refractivity contribution in [2.45, 2.75) is 24.2 Å². The third-order valence-corrected chi connectivity index (χ3v) is 7.21. The topological polar surface area (TPSA) is 102 Å². The molecule has 0 atom stereocenters. The molecule has 3 aliphatic rings. The van der Waals surface area contributed by atoms with E-state index in [2.05, 4.69) is 29.2 Å².